The maximum atomic E-state index is 13.1. The summed E-state index contributed by atoms with van der Waals surface area (Å²) in [5.41, 5.74) is 1.16. The second-order valence-electron chi connectivity index (χ2n) is 9.04. The third-order valence-corrected chi connectivity index (χ3v) is 6.20. The van der Waals surface area contributed by atoms with E-state index in [1.807, 2.05) is 25.1 Å². The standard InChI is InChI=1S/C28H36N2O8/c1-19-23(35-17-9-12-21-10-5-4-6-11-21)14-8-7-13-22(28(33)38-19)30-27(32)25-26(37-18-36-20(2)31)24(34-3)15-16-29-25/h4-6,10-11,15-16,19,22-23H,7-9,12-14,17-18H2,1-3H3,(H,30,32)/t19-,22-,23+/m0/s1. The highest BCUT2D eigenvalue weighted by molar-refractivity contribution is 5.98. The fourth-order valence-corrected chi connectivity index (χ4v) is 4.18. The monoisotopic (exact) mass is 528 g/mol. The molecule has 0 saturated carbocycles. The molecule has 1 aromatic heterocycles. The number of carbonyl (C=O) groups excluding carboxylic acids is 3. The smallest absolute Gasteiger partial charge is 0.329 e. The second kappa shape index (κ2) is 14.9. The van der Waals surface area contributed by atoms with Crippen molar-refractivity contribution in [3.8, 4) is 11.5 Å². The normalized spacial score (nSPS) is 19.8. The molecule has 1 aliphatic rings. The molecule has 3 atom stereocenters. The highest BCUT2D eigenvalue weighted by Crippen LogP contribution is 2.30. The predicted molar refractivity (Wildman–Crippen MR) is 138 cm³/mol. The maximum absolute atomic E-state index is 13.1. The van der Waals surface area contributed by atoms with Gasteiger partial charge in [0.05, 0.1) is 13.2 Å². The van der Waals surface area contributed by atoms with E-state index in [9.17, 15) is 14.4 Å². The van der Waals surface area contributed by atoms with Crippen LogP contribution in [0.3, 0.4) is 0 Å². The quantitative estimate of drug-likeness (QED) is 0.265. The number of esters is 2. The molecule has 1 amide bonds. The number of benzene rings is 1. The zero-order valence-corrected chi connectivity index (χ0v) is 22.1. The Bertz CT molecular complexity index is 1060. The number of nitrogens with zero attached hydrogens (tertiary/aromatic N) is 1. The molecule has 1 fully saturated rings. The molecule has 10 heteroatoms. The van der Waals surface area contributed by atoms with Crippen LogP contribution in [-0.4, -0.2) is 61.6 Å². The van der Waals surface area contributed by atoms with E-state index in [4.69, 9.17) is 23.7 Å². The zero-order chi connectivity index (χ0) is 27.3. The molecule has 0 radical (unpaired) electrons. The van der Waals surface area contributed by atoms with Crippen molar-refractivity contribution in [1.82, 2.24) is 10.3 Å². The number of ether oxygens (including phenoxy) is 5. The van der Waals surface area contributed by atoms with E-state index in [1.165, 1.54) is 31.9 Å². The van der Waals surface area contributed by atoms with Gasteiger partial charge in [-0.2, -0.15) is 0 Å². The Labute approximate surface area is 223 Å². The van der Waals surface area contributed by atoms with Gasteiger partial charge in [-0.1, -0.05) is 43.2 Å². The Morgan fingerprint density at radius 1 is 1.13 bits per heavy atom. The van der Waals surface area contributed by atoms with E-state index in [1.54, 1.807) is 0 Å². The second-order valence-corrected chi connectivity index (χ2v) is 9.04. The van der Waals surface area contributed by atoms with Crippen LogP contribution in [0, 0.1) is 0 Å². The Balaban J connectivity index is 1.58. The van der Waals surface area contributed by atoms with Crippen molar-refractivity contribution in [2.75, 3.05) is 20.5 Å². The summed E-state index contributed by atoms with van der Waals surface area (Å²) in [5, 5.41) is 2.72. The summed E-state index contributed by atoms with van der Waals surface area (Å²) in [6.07, 6.45) is 5.19. The summed E-state index contributed by atoms with van der Waals surface area (Å²) in [6, 6.07) is 10.9. The third-order valence-electron chi connectivity index (χ3n) is 6.20. The summed E-state index contributed by atoms with van der Waals surface area (Å²) in [7, 11) is 1.41. The number of cyclic esters (lactones) is 1. The number of hydrogen-bond acceptors (Lipinski definition) is 9. The first kappa shape index (κ1) is 28.9. The number of rotatable bonds is 11. The lowest BCUT2D eigenvalue weighted by molar-refractivity contribution is -0.158. The minimum Gasteiger partial charge on any atom is -0.493 e. The van der Waals surface area contributed by atoms with Crippen LogP contribution in [-0.2, 0) is 30.2 Å². The van der Waals surface area contributed by atoms with E-state index in [-0.39, 0.29) is 23.3 Å². The summed E-state index contributed by atoms with van der Waals surface area (Å²) >= 11 is 0. The highest BCUT2D eigenvalue weighted by atomic mass is 16.7. The van der Waals surface area contributed by atoms with Crippen molar-refractivity contribution in [2.24, 2.45) is 0 Å². The van der Waals surface area contributed by atoms with Crippen molar-refractivity contribution in [3.63, 3.8) is 0 Å². The van der Waals surface area contributed by atoms with Crippen LogP contribution >= 0.6 is 0 Å². The molecule has 206 valence electrons. The van der Waals surface area contributed by atoms with Gasteiger partial charge in [0.25, 0.3) is 5.91 Å². The topological polar surface area (TPSA) is 122 Å². The Kier molecular flexibility index (Phi) is 11.4. The predicted octanol–water partition coefficient (Wildman–Crippen LogP) is 3.61. The van der Waals surface area contributed by atoms with Gasteiger partial charge in [-0.05, 0) is 38.2 Å². The van der Waals surface area contributed by atoms with Crippen LogP contribution in [0.5, 0.6) is 11.5 Å². The molecule has 1 aliphatic heterocycles. The van der Waals surface area contributed by atoms with E-state index in [0.29, 0.717) is 19.4 Å². The summed E-state index contributed by atoms with van der Waals surface area (Å²) < 4.78 is 27.3. The van der Waals surface area contributed by atoms with Gasteiger partial charge in [-0.15, -0.1) is 0 Å². The molecule has 0 bridgehead atoms. The average molecular weight is 529 g/mol. The lowest BCUT2D eigenvalue weighted by Crippen LogP contribution is -2.44. The van der Waals surface area contributed by atoms with Crippen molar-refractivity contribution in [1.29, 1.82) is 0 Å². The highest BCUT2D eigenvalue weighted by Gasteiger charge is 2.31. The number of aryl methyl sites for hydroxylation is 1. The van der Waals surface area contributed by atoms with Crippen LogP contribution < -0.4 is 14.8 Å². The largest absolute Gasteiger partial charge is 0.493 e. The molecular weight excluding hydrogens is 492 g/mol. The number of amides is 1. The van der Waals surface area contributed by atoms with Gasteiger partial charge in [0.15, 0.2) is 17.2 Å². The van der Waals surface area contributed by atoms with E-state index in [2.05, 4.69) is 22.4 Å². The molecule has 10 nitrogen and oxygen atoms in total. The lowest BCUT2D eigenvalue weighted by Gasteiger charge is -2.25. The van der Waals surface area contributed by atoms with Gasteiger partial charge in [0.1, 0.15) is 12.1 Å². The van der Waals surface area contributed by atoms with Crippen LogP contribution in [0.1, 0.15) is 62.0 Å². The van der Waals surface area contributed by atoms with Gasteiger partial charge < -0.3 is 29.0 Å². The zero-order valence-electron chi connectivity index (χ0n) is 22.1. The fourth-order valence-electron chi connectivity index (χ4n) is 4.18. The van der Waals surface area contributed by atoms with Gasteiger partial charge in [0, 0.05) is 25.8 Å². The maximum Gasteiger partial charge on any atom is 0.329 e. The number of aromatic nitrogens is 1. The van der Waals surface area contributed by atoms with Gasteiger partial charge in [-0.3, -0.25) is 9.59 Å². The Morgan fingerprint density at radius 2 is 1.89 bits per heavy atom. The minimum atomic E-state index is -0.865. The van der Waals surface area contributed by atoms with Gasteiger partial charge >= 0.3 is 11.9 Å². The minimum absolute atomic E-state index is 0.00233. The van der Waals surface area contributed by atoms with Crippen molar-refractivity contribution in [3.05, 3.63) is 53.9 Å². The van der Waals surface area contributed by atoms with Gasteiger partial charge in [-0.25, -0.2) is 9.78 Å². The van der Waals surface area contributed by atoms with E-state index < -0.39 is 36.8 Å². The van der Waals surface area contributed by atoms with E-state index in [0.717, 1.165) is 25.7 Å². The van der Waals surface area contributed by atoms with Crippen LogP contribution in [0.4, 0.5) is 0 Å². The first-order valence-electron chi connectivity index (χ1n) is 12.8. The molecule has 1 N–H and O–H groups in total. The van der Waals surface area contributed by atoms with Crippen molar-refractivity contribution < 1.29 is 38.1 Å². The van der Waals surface area contributed by atoms with Crippen molar-refractivity contribution in [2.45, 2.75) is 70.6 Å². The molecule has 2 aromatic rings. The molecule has 0 unspecified atom stereocenters. The average Bonchev–Trinajstić information content (AvgIpc) is 2.97. The first-order valence-corrected chi connectivity index (χ1v) is 12.8. The fraction of sp³-hybridized carbons (Fsp3) is 0.500. The molecule has 1 aromatic carbocycles. The van der Waals surface area contributed by atoms with Crippen LogP contribution in [0.2, 0.25) is 0 Å². The van der Waals surface area contributed by atoms with Crippen molar-refractivity contribution >= 4 is 17.8 Å². The Morgan fingerprint density at radius 3 is 2.63 bits per heavy atom. The molecular formula is C28H36N2O8. The number of methoxy groups -OCH3 is 1. The van der Waals surface area contributed by atoms with Crippen LogP contribution in [0.15, 0.2) is 42.6 Å². The molecule has 38 heavy (non-hydrogen) atoms. The lowest BCUT2D eigenvalue weighted by atomic mass is 10.0. The number of pyridine rings is 1. The van der Waals surface area contributed by atoms with Crippen LogP contribution in [0.25, 0.3) is 0 Å². The number of carbonyl (C=O) groups is 3. The SMILES string of the molecule is COc1ccnc(C(=O)N[C@H]2CCCC[C@@H](OCCCc3ccccc3)[C@H](C)OC2=O)c1OCOC(C)=O. The van der Waals surface area contributed by atoms with Gasteiger partial charge in [0.2, 0.25) is 6.79 Å². The number of hydrogen-bond donors (Lipinski definition) is 1. The molecule has 1 saturated heterocycles. The molecule has 2 heterocycles. The summed E-state index contributed by atoms with van der Waals surface area (Å²) in [6.45, 7) is 3.20. The Hall–Kier alpha value is -3.66. The molecule has 0 aliphatic carbocycles. The van der Waals surface area contributed by atoms with E-state index >= 15 is 0 Å². The molecule has 3 rings (SSSR count). The number of nitrogens with one attached hydrogen (secondary N) is 1. The summed E-state index contributed by atoms with van der Waals surface area (Å²) in [4.78, 5) is 41.3. The molecule has 0 spiro atoms. The first-order chi connectivity index (χ1) is 18.4. The third kappa shape index (κ3) is 8.72. The summed E-state index contributed by atoms with van der Waals surface area (Å²) in [5.74, 6) is -1.47.